The van der Waals surface area contributed by atoms with Crippen molar-refractivity contribution in [2.24, 2.45) is 10.9 Å². The molecule has 1 heterocycles. The molecular weight excluding hydrogens is 346 g/mol. The van der Waals surface area contributed by atoms with Gasteiger partial charge in [-0.3, -0.25) is 14.5 Å². The zero-order valence-electron chi connectivity index (χ0n) is 15.6. The van der Waals surface area contributed by atoms with Gasteiger partial charge in [-0.25, -0.2) is 4.79 Å². The molecule has 0 saturated heterocycles. The van der Waals surface area contributed by atoms with E-state index < -0.39 is 11.9 Å². The number of amides is 4. The van der Waals surface area contributed by atoms with Gasteiger partial charge in [-0.2, -0.15) is 4.99 Å². The zero-order chi connectivity index (χ0) is 19.2. The van der Waals surface area contributed by atoms with Crippen molar-refractivity contribution in [2.75, 3.05) is 26.8 Å². The molecule has 7 heteroatoms. The molecule has 0 spiro atoms. The molecule has 3 rings (SSSR count). The molecule has 2 aliphatic carbocycles. The Bertz CT molecular complexity index is 748. The summed E-state index contributed by atoms with van der Waals surface area (Å²) in [5.74, 6) is -1.17. The third kappa shape index (κ3) is 4.60. The first-order valence-corrected chi connectivity index (χ1v) is 9.39. The normalized spacial score (nSPS) is 22.0. The monoisotopic (exact) mass is 371 g/mol. The lowest BCUT2D eigenvalue weighted by molar-refractivity contribution is -0.130. The number of imide groups is 1. The molecule has 0 saturated carbocycles. The smallest absolute Gasteiger partial charge is 0.350 e. The summed E-state index contributed by atoms with van der Waals surface area (Å²) < 4.78 is 4.93. The summed E-state index contributed by atoms with van der Waals surface area (Å²) >= 11 is 0. The maximum absolute atomic E-state index is 12.5. The Kier molecular flexibility index (Phi) is 6.34. The second kappa shape index (κ2) is 8.90. The number of urea groups is 1. The molecule has 0 fully saturated rings. The van der Waals surface area contributed by atoms with E-state index in [2.05, 4.69) is 16.4 Å². The number of methoxy groups -OCH3 is 1. The number of allylic oxidation sites excluding steroid dienone is 2. The van der Waals surface area contributed by atoms with Crippen LogP contribution in [-0.2, 0) is 14.3 Å². The highest BCUT2D eigenvalue weighted by Gasteiger charge is 2.36. The zero-order valence-corrected chi connectivity index (χ0v) is 15.6. The standard InChI is InChI=1S/C20H25N3O4/c1-27-12-11-23-19(25)16-8-7-15(13-17(16)22-20(23)26)18(24)21-10-9-14-5-3-2-4-6-14/h5,7-8,13,16H,2-4,6,9-12H2,1H3,(H,21,24). The highest BCUT2D eigenvalue weighted by atomic mass is 16.5. The van der Waals surface area contributed by atoms with Gasteiger partial charge in [-0.15, -0.1) is 0 Å². The van der Waals surface area contributed by atoms with E-state index >= 15 is 0 Å². The summed E-state index contributed by atoms with van der Waals surface area (Å²) in [6.07, 6.45) is 12.6. The van der Waals surface area contributed by atoms with Gasteiger partial charge in [0.05, 0.1) is 24.8 Å². The van der Waals surface area contributed by atoms with Gasteiger partial charge >= 0.3 is 6.03 Å². The Morgan fingerprint density at radius 3 is 2.96 bits per heavy atom. The quantitative estimate of drug-likeness (QED) is 0.695. The van der Waals surface area contributed by atoms with Gasteiger partial charge in [0, 0.05) is 19.2 Å². The summed E-state index contributed by atoms with van der Waals surface area (Å²) in [4.78, 5) is 42.0. The number of ether oxygens (including phenoxy) is 1. The van der Waals surface area contributed by atoms with E-state index in [4.69, 9.17) is 4.74 Å². The summed E-state index contributed by atoms with van der Waals surface area (Å²) in [6.45, 7) is 1.01. The highest BCUT2D eigenvalue weighted by molar-refractivity contribution is 6.23. The topological polar surface area (TPSA) is 88.1 Å². The largest absolute Gasteiger partial charge is 0.383 e. The number of rotatable bonds is 7. The van der Waals surface area contributed by atoms with Crippen molar-refractivity contribution in [1.82, 2.24) is 10.2 Å². The number of nitrogens with zero attached hydrogens (tertiary/aromatic N) is 2. The van der Waals surface area contributed by atoms with Crippen LogP contribution < -0.4 is 5.32 Å². The summed E-state index contributed by atoms with van der Waals surface area (Å²) in [5, 5.41) is 2.90. The Morgan fingerprint density at radius 1 is 1.37 bits per heavy atom. The Labute approximate surface area is 158 Å². The van der Waals surface area contributed by atoms with E-state index in [1.54, 1.807) is 12.2 Å². The number of aliphatic imine (C=N–C) groups is 1. The SMILES string of the molecule is COCCN1C(=O)N=C2C=C(C(=O)NCCC3=CCCCC3)C=CC2C1=O. The summed E-state index contributed by atoms with van der Waals surface area (Å²) in [5.41, 5.74) is 2.13. The van der Waals surface area contributed by atoms with Crippen molar-refractivity contribution in [3.8, 4) is 0 Å². The summed E-state index contributed by atoms with van der Waals surface area (Å²) in [7, 11) is 1.51. The predicted molar refractivity (Wildman–Crippen MR) is 101 cm³/mol. The fourth-order valence-corrected chi connectivity index (χ4v) is 3.44. The van der Waals surface area contributed by atoms with Crippen molar-refractivity contribution in [3.05, 3.63) is 35.5 Å². The van der Waals surface area contributed by atoms with Crippen LogP contribution in [0.1, 0.15) is 32.1 Å². The van der Waals surface area contributed by atoms with Crippen LogP contribution in [0.15, 0.2) is 40.4 Å². The minimum absolute atomic E-state index is 0.169. The fraction of sp³-hybridized carbons (Fsp3) is 0.500. The molecule has 1 atom stereocenters. The molecule has 4 amide bonds. The van der Waals surface area contributed by atoms with E-state index in [1.165, 1.54) is 31.6 Å². The van der Waals surface area contributed by atoms with Gasteiger partial charge in [0.15, 0.2) is 0 Å². The molecule has 0 bridgehead atoms. The number of hydrogen-bond donors (Lipinski definition) is 1. The first kappa shape index (κ1) is 19.2. The number of hydrogen-bond acceptors (Lipinski definition) is 4. The molecule has 1 unspecified atom stereocenters. The molecule has 27 heavy (non-hydrogen) atoms. The summed E-state index contributed by atoms with van der Waals surface area (Å²) in [6, 6.07) is -0.612. The van der Waals surface area contributed by atoms with Gasteiger partial charge in [0.1, 0.15) is 0 Å². The molecule has 144 valence electrons. The van der Waals surface area contributed by atoms with Crippen molar-refractivity contribution < 1.29 is 19.1 Å². The molecule has 3 aliphatic rings. The van der Waals surface area contributed by atoms with Gasteiger partial charge in [-0.1, -0.05) is 23.8 Å². The van der Waals surface area contributed by atoms with Crippen LogP contribution >= 0.6 is 0 Å². The van der Waals surface area contributed by atoms with Crippen molar-refractivity contribution in [2.45, 2.75) is 32.1 Å². The van der Waals surface area contributed by atoms with Crippen molar-refractivity contribution in [3.63, 3.8) is 0 Å². The third-order valence-electron chi connectivity index (χ3n) is 4.98. The van der Waals surface area contributed by atoms with E-state index in [-0.39, 0.29) is 25.0 Å². The van der Waals surface area contributed by atoms with Gasteiger partial charge < -0.3 is 10.1 Å². The fourth-order valence-electron chi connectivity index (χ4n) is 3.44. The molecule has 0 aromatic rings. The first-order valence-electron chi connectivity index (χ1n) is 9.39. The van der Waals surface area contributed by atoms with Crippen LogP contribution in [0.2, 0.25) is 0 Å². The van der Waals surface area contributed by atoms with Crippen LogP contribution in [0.25, 0.3) is 0 Å². The first-order chi connectivity index (χ1) is 13.1. The van der Waals surface area contributed by atoms with E-state index in [1.807, 2.05) is 0 Å². The molecule has 1 N–H and O–H groups in total. The van der Waals surface area contributed by atoms with E-state index in [0.29, 0.717) is 17.8 Å². The lowest BCUT2D eigenvalue weighted by Gasteiger charge is -2.28. The van der Waals surface area contributed by atoms with Crippen LogP contribution in [-0.4, -0.2) is 55.3 Å². The lowest BCUT2D eigenvalue weighted by atomic mass is 9.91. The Hall–Kier alpha value is -2.54. The number of carbonyl (C=O) groups excluding carboxylic acids is 3. The predicted octanol–water partition coefficient (Wildman–Crippen LogP) is 2.16. The van der Waals surface area contributed by atoms with Gasteiger partial charge in [0.2, 0.25) is 5.91 Å². The molecule has 0 aromatic heterocycles. The molecule has 7 nitrogen and oxygen atoms in total. The highest BCUT2D eigenvalue weighted by Crippen LogP contribution is 2.23. The second-order valence-electron chi connectivity index (χ2n) is 6.85. The van der Waals surface area contributed by atoms with Crippen molar-refractivity contribution >= 4 is 23.6 Å². The Balaban J connectivity index is 1.60. The Morgan fingerprint density at radius 2 is 2.22 bits per heavy atom. The van der Waals surface area contributed by atoms with Crippen LogP contribution in [0.5, 0.6) is 0 Å². The van der Waals surface area contributed by atoms with Crippen LogP contribution in [0, 0.1) is 5.92 Å². The van der Waals surface area contributed by atoms with E-state index in [0.717, 1.165) is 24.2 Å². The van der Waals surface area contributed by atoms with Gasteiger partial charge in [-0.05, 0) is 38.2 Å². The van der Waals surface area contributed by atoms with Crippen LogP contribution in [0.3, 0.4) is 0 Å². The molecule has 0 radical (unpaired) electrons. The lowest BCUT2D eigenvalue weighted by Crippen LogP contribution is -2.47. The van der Waals surface area contributed by atoms with Crippen LogP contribution in [0.4, 0.5) is 4.79 Å². The minimum atomic E-state index is -0.622. The maximum Gasteiger partial charge on any atom is 0.350 e. The number of carbonyl (C=O) groups is 3. The number of nitrogens with one attached hydrogen (secondary N) is 1. The average molecular weight is 371 g/mol. The van der Waals surface area contributed by atoms with Gasteiger partial charge in [0.25, 0.3) is 5.91 Å². The molecule has 1 aliphatic heterocycles. The minimum Gasteiger partial charge on any atom is -0.383 e. The average Bonchev–Trinajstić information content (AvgIpc) is 2.68. The second-order valence-corrected chi connectivity index (χ2v) is 6.85. The molecule has 0 aromatic carbocycles. The third-order valence-corrected chi connectivity index (χ3v) is 4.98. The van der Waals surface area contributed by atoms with E-state index in [9.17, 15) is 14.4 Å². The molecular formula is C20H25N3O4. The maximum atomic E-state index is 12.5. The van der Waals surface area contributed by atoms with Crippen molar-refractivity contribution in [1.29, 1.82) is 0 Å². The number of fused-ring (bicyclic) bond motifs is 1.